The van der Waals surface area contributed by atoms with Gasteiger partial charge in [-0.2, -0.15) is 0 Å². The van der Waals surface area contributed by atoms with Crippen LogP contribution in [0.15, 0.2) is 147 Å². The van der Waals surface area contributed by atoms with Gasteiger partial charge < -0.3 is 75.6 Å². The largest absolute Gasteiger partial charge is 0.524 e. The van der Waals surface area contributed by atoms with E-state index in [0.717, 1.165) is 222 Å². The standard InChI is InChI=1S/C32H40N4O3.C31H40N5O6P.C30H37N5O4/c1-4-6-12-29-35-30-31(36(29)21-24-14-16-28(38)22(3)19-24)26-20-23(13-15-27(26)34-32(30)33)10-9-18-39-17-8-7-11-25(37)5-2;1-4-6-10-27-35-29-30(36(27)20-23-12-14-26(21(3)18-23)42-43(38,39)40)24-19-22(11-13-25(24)34-31(29)32)9-7-16-41-17-8-15-33-28(37)5-2;1-3-5-12-25-34-27-28(35(25)19-21-10-6-11-24(36)29(21)38)22-18-20(13-14-23(22)33-30(27)31)9-7-16-39-17-8-15-32-26(37)4-2/h5,13-16,19-20,38H,2,4,6-12,17-18,21H2,1,3H3,(H2,33,34);5,11-14,18-19H,2,4,6-10,15-17,20H2,1,3H3,(H2,32,34)(H,33,37)(H2,38,39,40);4,6,10-11,13-14,18,36,38H,2-3,5,7-9,12,15-17,19H2,1H3,(H2,31,33)(H,32,37). The molecule has 0 saturated heterocycles. The highest BCUT2D eigenvalue weighted by Gasteiger charge is 2.25. The minimum absolute atomic E-state index is 0.0914. The number of nitrogens with two attached hydrogens (primary N) is 3. The molecule has 27 nitrogen and oxygen atoms in total. The molecule has 0 spiro atoms. The maximum absolute atomic E-state index is 11.4. The molecule has 0 bridgehead atoms. The van der Waals surface area contributed by atoms with E-state index in [9.17, 15) is 44.1 Å². The number of pyridine rings is 3. The van der Waals surface area contributed by atoms with Crippen LogP contribution in [0.4, 0.5) is 17.5 Å². The highest BCUT2D eigenvalue weighted by atomic mass is 31.2. The zero-order valence-corrected chi connectivity index (χ0v) is 71.3. The molecule has 0 aliphatic carbocycles. The second-order valence-corrected chi connectivity index (χ2v) is 31.5. The van der Waals surface area contributed by atoms with Crippen molar-refractivity contribution in [1.82, 2.24) is 54.2 Å². The second-order valence-electron chi connectivity index (χ2n) is 30.4. The van der Waals surface area contributed by atoms with Gasteiger partial charge in [0.25, 0.3) is 0 Å². The summed E-state index contributed by atoms with van der Waals surface area (Å²) in [5, 5.41) is 39.0. The molecular formula is C93H117N14O13P. The van der Waals surface area contributed by atoms with Crippen LogP contribution in [0.1, 0.15) is 173 Å². The van der Waals surface area contributed by atoms with Gasteiger partial charge in [0, 0.05) is 113 Å². The summed E-state index contributed by atoms with van der Waals surface area (Å²) in [7, 11) is -4.66. The van der Waals surface area contributed by atoms with E-state index in [1.807, 2.05) is 43.3 Å². The Labute approximate surface area is 706 Å². The van der Waals surface area contributed by atoms with Crippen LogP contribution < -0.4 is 32.4 Å². The monoisotopic (exact) mass is 1670 g/mol. The summed E-state index contributed by atoms with van der Waals surface area (Å²) < 4.78 is 40.0. The Morgan fingerprint density at radius 1 is 0.446 bits per heavy atom. The first-order valence-electron chi connectivity index (χ1n) is 42.0. The summed E-state index contributed by atoms with van der Waals surface area (Å²) in [6, 6.07) is 34.8. The van der Waals surface area contributed by atoms with Gasteiger partial charge >= 0.3 is 7.82 Å². The number of nitrogens with one attached hydrogen (secondary N) is 2. The highest BCUT2D eigenvalue weighted by molar-refractivity contribution is 7.46. The van der Waals surface area contributed by atoms with E-state index in [0.29, 0.717) is 124 Å². The Kier molecular flexibility index (Phi) is 34.2. The van der Waals surface area contributed by atoms with Crippen molar-refractivity contribution in [2.45, 2.75) is 183 Å². The number of imidazole rings is 3. The van der Waals surface area contributed by atoms with Gasteiger partial charge in [0.1, 0.15) is 45.5 Å². The van der Waals surface area contributed by atoms with E-state index >= 15 is 0 Å². The summed E-state index contributed by atoms with van der Waals surface area (Å²) in [5.41, 5.74) is 34.2. The zero-order valence-electron chi connectivity index (χ0n) is 70.4. The molecule has 12 rings (SSSR count). The summed E-state index contributed by atoms with van der Waals surface area (Å²) in [6.07, 6.45) is 21.3. The molecule has 0 saturated carbocycles. The van der Waals surface area contributed by atoms with Crippen molar-refractivity contribution >= 4 is 109 Å². The van der Waals surface area contributed by atoms with Gasteiger partial charge in [-0.05, 0) is 209 Å². The van der Waals surface area contributed by atoms with Gasteiger partial charge in [0.05, 0.1) is 39.6 Å². The molecule has 0 aliphatic rings. The number of ketones is 1. The third-order valence-electron chi connectivity index (χ3n) is 21.0. The molecule has 0 aliphatic heterocycles. The lowest BCUT2D eigenvalue weighted by Crippen LogP contribution is -2.22. The summed E-state index contributed by atoms with van der Waals surface area (Å²) >= 11 is 0. The second kappa shape index (κ2) is 45.2. The maximum Gasteiger partial charge on any atom is 0.524 e. The molecular weight excluding hydrogens is 1550 g/mol. The number of hydrogen-bond acceptors (Lipinski definition) is 20. The predicted octanol–water partition coefficient (Wildman–Crippen LogP) is 16.0. The average Bonchev–Trinajstić information content (AvgIpc) is 1.62. The van der Waals surface area contributed by atoms with Crippen LogP contribution in [0.3, 0.4) is 0 Å². The number of benzene rings is 6. The third kappa shape index (κ3) is 25.5. The van der Waals surface area contributed by atoms with E-state index in [1.54, 1.807) is 37.3 Å². The van der Waals surface area contributed by atoms with Crippen molar-refractivity contribution < 1.29 is 62.8 Å². The number of ether oxygens (including phenoxy) is 3. The number of aromatic nitrogens is 9. The van der Waals surface area contributed by atoms with Crippen LogP contribution in [-0.2, 0) is 91.3 Å². The first-order chi connectivity index (χ1) is 58.4. The molecule has 0 fully saturated rings. The molecule has 13 N–H and O–H groups in total. The molecule has 121 heavy (non-hydrogen) atoms. The minimum atomic E-state index is -4.66. The lowest BCUT2D eigenvalue weighted by molar-refractivity contribution is -0.117. The summed E-state index contributed by atoms with van der Waals surface area (Å²) in [5.74, 6) is 3.91. The number of phenolic OH excluding ortho intramolecular Hbond substituents is 3. The van der Waals surface area contributed by atoms with E-state index in [2.05, 4.69) is 116 Å². The van der Waals surface area contributed by atoms with Crippen LogP contribution in [0.5, 0.6) is 23.0 Å². The number of nitrogen functional groups attached to an aromatic ring is 3. The number of anilines is 3. The van der Waals surface area contributed by atoms with Crippen molar-refractivity contribution in [1.29, 1.82) is 0 Å². The molecule has 28 heteroatoms. The van der Waals surface area contributed by atoms with Crippen LogP contribution in [0.2, 0.25) is 0 Å². The molecule has 642 valence electrons. The maximum atomic E-state index is 11.4. The number of para-hydroxylation sites is 1. The number of phosphoric ester groups is 1. The normalized spacial score (nSPS) is 11.5. The van der Waals surface area contributed by atoms with E-state index in [4.69, 9.17) is 50.9 Å². The molecule has 0 atom stereocenters. The number of unbranched alkanes of at least 4 members (excludes halogenated alkanes) is 4. The van der Waals surface area contributed by atoms with Crippen LogP contribution >= 0.6 is 7.82 Å². The lowest BCUT2D eigenvalue weighted by Gasteiger charge is -2.14. The van der Waals surface area contributed by atoms with Crippen LogP contribution in [0.25, 0.3) is 65.8 Å². The van der Waals surface area contributed by atoms with Crippen molar-refractivity contribution in [2.24, 2.45) is 0 Å². The van der Waals surface area contributed by atoms with Crippen molar-refractivity contribution in [2.75, 3.05) is 69.9 Å². The fourth-order valence-corrected chi connectivity index (χ4v) is 15.1. The molecule has 6 heterocycles. The number of aryl methyl sites for hydroxylation is 8. The highest BCUT2D eigenvalue weighted by Crippen LogP contribution is 2.41. The number of hydrogen-bond donors (Lipinski definition) is 10. The van der Waals surface area contributed by atoms with Crippen LogP contribution in [0, 0.1) is 13.8 Å². The fourth-order valence-electron chi connectivity index (χ4n) is 14.6. The molecule has 12 aromatic rings. The Hall–Kier alpha value is -11.6. The number of aromatic hydroxyl groups is 3. The first kappa shape index (κ1) is 91.7. The Bertz CT molecular complexity index is 5660. The minimum Gasteiger partial charge on any atom is -0.508 e. The number of phosphoric acid groups is 1. The molecule has 0 unspecified atom stereocenters. The Morgan fingerprint density at radius 2 is 0.843 bits per heavy atom. The van der Waals surface area contributed by atoms with Crippen molar-refractivity contribution in [3.8, 4) is 23.0 Å². The topological polar surface area (TPSA) is 401 Å². The molecule has 6 aromatic carbocycles. The van der Waals surface area contributed by atoms with Gasteiger partial charge in [-0.3, -0.25) is 24.2 Å². The fraction of sp³-hybridized carbons (Fsp3) is 0.387. The Balaban J connectivity index is 0.000000191. The van der Waals surface area contributed by atoms with Gasteiger partial charge in [-0.15, -0.1) is 0 Å². The first-order valence-corrected chi connectivity index (χ1v) is 43.5. The van der Waals surface area contributed by atoms with Crippen molar-refractivity contribution in [3.63, 3.8) is 0 Å². The average molecular weight is 1670 g/mol. The number of nitrogens with zero attached hydrogens (tertiary/aromatic N) is 9. The number of allylic oxidation sites excluding steroid dienone is 1. The van der Waals surface area contributed by atoms with E-state index < -0.39 is 7.82 Å². The number of rotatable bonds is 45. The Morgan fingerprint density at radius 3 is 1.24 bits per heavy atom. The summed E-state index contributed by atoms with van der Waals surface area (Å²) in [6.45, 7) is 26.9. The lowest BCUT2D eigenvalue weighted by atomic mass is 10.1. The number of carbonyl (C=O) groups is 3. The van der Waals surface area contributed by atoms with E-state index in [-0.39, 0.29) is 34.8 Å². The SMILES string of the molecule is C=CC(=O)CCCCOCCCc1ccc2nc(N)c3nc(CCCC)n(Cc4ccc(O)c(C)c4)c3c2c1.C=CC(=O)NCCCOCCCc1ccc2nc(N)c3nc(CCCC)n(Cc4ccc(OP(=O)(O)O)c(C)c4)c3c2c1.C=CC(=O)NCCCOCCCc1ccc2nc(N)c3nc(CCCC)n(Cc4cccc(O)c4O)c3c2c1. The predicted molar refractivity (Wildman–Crippen MR) is 480 cm³/mol. The van der Waals surface area contributed by atoms with Crippen molar-refractivity contribution in [3.05, 3.63) is 209 Å². The third-order valence-corrected chi connectivity index (χ3v) is 21.4. The van der Waals surface area contributed by atoms with Crippen LogP contribution in [-0.4, -0.2) is 139 Å². The van der Waals surface area contributed by atoms with Gasteiger partial charge in [0.2, 0.25) is 11.8 Å². The number of carbonyl (C=O) groups excluding carboxylic acids is 3. The number of amides is 2. The quantitative estimate of drug-likeness (QED) is 0.00733. The van der Waals surface area contributed by atoms with Gasteiger partial charge in [0.15, 0.2) is 34.7 Å². The molecule has 0 radical (unpaired) electrons. The van der Waals surface area contributed by atoms with E-state index in [1.165, 1.54) is 29.9 Å². The zero-order chi connectivity index (χ0) is 86.5. The molecule has 6 aromatic heterocycles. The molecule has 2 amide bonds. The number of phenols is 3. The number of fused-ring (bicyclic) bond motifs is 9. The smallest absolute Gasteiger partial charge is 0.508 e. The van der Waals surface area contributed by atoms with Gasteiger partial charge in [-0.25, -0.2) is 34.5 Å². The summed E-state index contributed by atoms with van der Waals surface area (Å²) in [4.78, 5) is 80.9. The van der Waals surface area contributed by atoms with Gasteiger partial charge in [-0.1, -0.05) is 114 Å².